The molecule has 3 rings (SSSR count). The molecule has 0 spiro atoms. The van der Waals surface area contributed by atoms with Crippen LogP contribution in [0.25, 0.3) is 0 Å². The van der Waals surface area contributed by atoms with Gasteiger partial charge < -0.3 is 15.2 Å². The van der Waals surface area contributed by atoms with Gasteiger partial charge in [0.25, 0.3) is 0 Å². The van der Waals surface area contributed by atoms with E-state index in [-0.39, 0.29) is 6.10 Å². The molecule has 0 saturated heterocycles. The van der Waals surface area contributed by atoms with Gasteiger partial charge in [-0.05, 0) is 50.7 Å². The highest BCUT2D eigenvalue weighted by Gasteiger charge is 2.26. The summed E-state index contributed by atoms with van der Waals surface area (Å²) < 4.78 is 6.91. The quantitative estimate of drug-likeness (QED) is 0.865. The summed E-state index contributed by atoms with van der Waals surface area (Å²) in [6, 6.07) is 7.07. The van der Waals surface area contributed by atoms with Gasteiger partial charge in [-0.2, -0.15) is 0 Å². The average molecular weight is 340 g/mol. The van der Waals surface area contributed by atoms with E-state index in [9.17, 15) is 5.11 Å². The molecule has 3 nitrogen and oxygen atoms in total. The van der Waals surface area contributed by atoms with Crippen molar-refractivity contribution in [3.8, 4) is 5.75 Å². The SMILES string of the molecule is OC1CCCC(NC2CCCOc3cc(Br)ccc32)C1. The van der Waals surface area contributed by atoms with E-state index in [1.165, 1.54) is 12.0 Å². The zero-order valence-electron chi connectivity index (χ0n) is 11.6. The number of hydrogen-bond acceptors (Lipinski definition) is 3. The highest BCUT2D eigenvalue weighted by Crippen LogP contribution is 2.35. The maximum atomic E-state index is 9.83. The number of ether oxygens (including phenoxy) is 1. The van der Waals surface area contributed by atoms with Crippen molar-refractivity contribution in [1.82, 2.24) is 5.32 Å². The Morgan fingerprint density at radius 3 is 2.95 bits per heavy atom. The van der Waals surface area contributed by atoms with Crippen LogP contribution >= 0.6 is 15.9 Å². The minimum atomic E-state index is -0.132. The lowest BCUT2D eigenvalue weighted by Crippen LogP contribution is -2.38. The van der Waals surface area contributed by atoms with Crippen LogP contribution in [0.15, 0.2) is 22.7 Å². The van der Waals surface area contributed by atoms with Crippen LogP contribution in [-0.2, 0) is 0 Å². The van der Waals surface area contributed by atoms with E-state index < -0.39 is 0 Å². The van der Waals surface area contributed by atoms with Gasteiger partial charge in [0.15, 0.2) is 0 Å². The summed E-state index contributed by atoms with van der Waals surface area (Å²) in [5.41, 5.74) is 1.26. The Hall–Kier alpha value is -0.580. The molecule has 1 aromatic carbocycles. The number of rotatable bonds is 2. The third-order valence-electron chi connectivity index (χ3n) is 4.33. The highest BCUT2D eigenvalue weighted by molar-refractivity contribution is 9.10. The van der Waals surface area contributed by atoms with Gasteiger partial charge in [-0.1, -0.05) is 22.0 Å². The Balaban J connectivity index is 1.76. The molecule has 0 radical (unpaired) electrons. The second kappa shape index (κ2) is 6.46. The second-order valence-corrected chi connectivity index (χ2v) is 6.83. The van der Waals surface area contributed by atoms with E-state index in [4.69, 9.17) is 4.74 Å². The van der Waals surface area contributed by atoms with Gasteiger partial charge in [0.1, 0.15) is 5.75 Å². The van der Waals surface area contributed by atoms with E-state index >= 15 is 0 Å². The van der Waals surface area contributed by atoms with E-state index in [0.717, 1.165) is 48.9 Å². The number of aliphatic hydroxyl groups excluding tert-OH is 1. The van der Waals surface area contributed by atoms with Crippen molar-refractivity contribution < 1.29 is 9.84 Å². The smallest absolute Gasteiger partial charge is 0.125 e. The van der Waals surface area contributed by atoms with Gasteiger partial charge in [0.2, 0.25) is 0 Å². The van der Waals surface area contributed by atoms with Gasteiger partial charge in [0.05, 0.1) is 12.7 Å². The summed E-state index contributed by atoms with van der Waals surface area (Å²) in [6.07, 6.45) is 6.15. The van der Waals surface area contributed by atoms with E-state index in [2.05, 4.69) is 39.4 Å². The lowest BCUT2D eigenvalue weighted by atomic mass is 9.91. The lowest BCUT2D eigenvalue weighted by Gasteiger charge is -2.31. The molecule has 1 aliphatic heterocycles. The van der Waals surface area contributed by atoms with Crippen LogP contribution in [0.1, 0.15) is 50.1 Å². The normalized spacial score (nSPS) is 30.2. The third kappa shape index (κ3) is 3.35. The van der Waals surface area contributed by atoms with Crippen LogP contribution in [-0.4, -0.2) is 23.9 Å². The van der Waals surface area contributed by atoms with E-state index in [1.807, 2.05) is 0 Å². The zero-order chi connectivity index (χ0) is 13.9. The number of aliphatic hydroxyl groups is 1. The largest absolute Gasteiger partial charge is 0.493 e. The van der Waals surface area contributed by atoms with Gasteiger partial charge in [-0.3, -0.25) is 0 Å². The molecule has 0 bridgehead atoms. The van der Waals surface area contributed by atoms with Crippen molar-refractivity contribution >= 4 is 15.9 Å². The molecule has 110 valence electrons. The predicted molar refractivity (Wildman–Crippen MR) is 83.0 cm³/mol. The number of nitrogens with one attached hydrogen (secondary N) is 1. The standard InChI is InChI=1S/C16H22BrNO2/c17-11-6-7-14-15(5-2-8-20-16(14)9-11)18-12-3-1-4-13(19)10-12/h6-7,9,12-13,15,18-19H,1-5,8,10H2. The molecular weight excluding hydrogens is 318 g/mol. The minimum absolute atomic E-state index is 0.132. The molecule has 3 unspecified atom stereocenters. The molecule has 1 fully saturated rings. The maximum Gasteiger partial charge on any atom is 0.125 e. The van der Waals surface area contributed by atoms with Gasteiger partial charge in [-0.15, -0.1) is 0 Å². The molecule has 0 aromatic heterocycles. The Labute approximate surface area is 128 Å². The van der Waals surface area contributed by atoms with Crippen molar-refractivity contribution in [2.75, 3.05) is 6.61 Å². The molecule has 2 aliphatic rings. The first-order chi connectivity index (χ1) is 9.72. The third-order valence-corrected chi connectivity index (χ3v) is 4.82. The first-order valence-corrected chi connectivity index (χ1v) is 8.38. The Morgan fingerprint density at radius 1 is 1.20 bits per heavy atom. The predicted octanol–water partition coefficient (Wildman–Crippen LogP) is 3.56. The zero-order valence-corrected chi connectivity index (χ0v) is 13.2. The van der Waals surface area contributed by atoms with Crippen LogP contribution < -0.4 is 10.1 Å². The molecular formula is C16H22BrNO2. The summed E-state index contributed by atoms with van der Waals surface area (Å²) in [5, 5.41) is 13.6. The molecule has 1 aromatic rings. The summed E-state index contributed by atoms with van der Waals surface area (Å²) in [4.78, 5) is 0. The van der Waals surface area contributed by atoms with Crippen molar-refractivity contribution in [2.24, 2.45) is 0 Å². The molecule has 3 atom stereocenters. The summed E-state index contributed by atoms with van der Waals surface area (Å²) in [5.74, 6) is 0.991. The summed E-state index contributed by atoms with van der Waals surface area (Å²) >= 11 is 3.51. The van der Waals surface area contributed by atoms with Crippen LogP contribution in [0, 0.1) is 0 Å². The summed E-state index contributed by atoms with van der Waals surface area (Å²) in [7, 11) is 0. The average Bonchev–Trinajstić information content (AvgIpc) is 2.61. The Morgan fingerprint density at radius 2 is 2.10 bits per heavy atom. The van der Waals surface area contributed by atoms with E-state index in [0.29, 0.717) is 12.1 Å². The van der Waals surface area contributed by atoms with Crippen molar-refractivity contribution in [1.29, 1.82) is 0 Å². The van der Waals surface area contributed by atoms with Crippen molar-refractivity contribution in [2.45, 2.75) is 56.7 Å². The van der Waals surface area contributed by atoms with Crippen LogP contribution in [0.4, 0.5) is 0 Å². The van der Waals surface area contributed by atoms with Gasteiger partial charge in [-0.25, -0.2) is 0 Å². The number of benzene rings is 1. The van der Waals surface area contributed by atoms with Crippen molar-refractivity contribution in [3.05, 3.63) is 28.2 Å². The van der Waals surface area contributed by atoms with Gasteiger partial charge in [0, 0.05) is 22.1 Å². The lowest BCUT2D eigenvalue weighted by molar-refractivity contribution is 0.108. The first-order valence-electron chi connectivity index (χ1n) is 7.59. The fourth-order valence-electron chi connectivity index (χ4n) is 3.32. The molecule has 1 saturated carbocycles. The Kier molecular flexibility index (Phi) is 4.64. The highest BCUT2D eigenvalue weighted by atomic mass is 79.9. The fraction of sp³-hybridized carbons (Fsp3) is 0.625. The minimum Gasteiger partial charge on any atom is -0.493 e. The van der Waals surface area contributed by atoms with Crippen LogP contribution in [0.3, 0.4) is 0 Å². The number of hydrogen-bond donors (Lipinski definition) is 2. The fourth-order valence-corrected chi connectivity index (χ4v) is 3.66. The van der Waals surface area contributed by atoms with Crippen molar-refractivity contribution in [3.63, 3.8) is 0 Å². The van der Waals surface area contributed by atoms with Crippen LogP contribution in [0.2, 0.25) is 0 Å². The monoisotopic (exact) mass is 339 g/mol. The number of halogens is 1. The molecule has 0 amide bonds. The molecule has 1 aliphatic carbocycles. The topological polar surface area (TPSA) is 41.5 Å². The molecule has 20 heavy (non-hydrogen) atoms. The van der Waals surface area contributed by atoms with E-state index in [1.54, 1.807) is 0 Å². The van der Waals surface area contributed by atoms with Crippen LogP contribution in [0.5, 0.6) is 5.75 Å². The molecule has 2 N–H and O–H groups in total. The summed E-state index contributed by atoms with van der Waals surface area (Å²) in [6.45, 7) is 0.787. The molecule has 1 heterocycles. The van der Waals surface area contributed by atoms with Gasteiger partial charge >= 0.3 is 0 Å². The maximum absolute atomic E-state index is 9.83. The first kappa shape index (κ1) is 14.4. The second-order valence-electron chi connectivity index (χ2n) is 5.91. The number of fused-ring (bicyclic) bond motifs is 1. The molecule has 4 heteroatoms. The Bertz CT molecular complexity index is 466.